The molecule has 90 valence electrons. The number of hydrogen-bond donors (Lipinski definition) is 1. The van der Waals surface area contributed by atoms with Crippen molar-refractivity contribution in [3.05, 3.63) is 47.9 Å². The van der Waals surface area contributed by atoms with Gasteiger partial charge in [0, 0.05) is 11.1 Å². The van der Waals surface area contributed by atoms with E-state index in [2.05, 4.69) is 15.9 Å². The highest BCUT2D eigenvalue weighted by atomic mass is 79.9. The first kappa shape index (κ1) is 12.7. The van der Waals surface area contributed by atoms with Crippen molar-refractivity contribution < 1.29 is 0 Å². The van der Waals surface area contributed by atoms with Gasteiger partial charge in [0.2, 0.25) is 0 Å². The van der Waals surface area contributed by atoms with Crippen molar-refractivity contribution in [1.82, 2.24) is 4.57 Å². The van der Waals surface area contributed by atoms with Gasteiger partial charge in [-0.1, -0.05) is 11.6 Å². The molecule has 6 heteroatoms. The molecule has 17 heavy (non-hydrogen) atoms. The van der Waals surface area contributed by atoms with Crippen LogP contribution in [-0.4, -0.2) is 4.57 Å². The predicted octanol–water partition coefficient (Wildman–Crippen LogP) is 3.26. The molecule has 0 unspecified atom stereocenters. The summed E-state index contributed by atoms with van der Waals surface area (Å²) >= 11 is 10.6. The smallest absolute Gasteiger partial charge is 0.265 e. The number of rotatable bonds is 2. The van der Waals surface area contributed by atoms with Gasteiger partial charge in [0.25, 0.3) is 5.56 Å². The van der Waals surface area contributed by atoms with Crippen LogP contribution in [0, 0.1) is 6.92 Å². The summed E-state index contributed by atoms with van der Waals surface area (Å²) < 4.78 is 2.81. The predicted molar refractivity (Wildman–Crippen MR) is 76.0 cm³/mol. The van der Waals surface area contributed by atoms with Crippen LogP contribution in [0.1, 0.15) is 10.4 Å². The third-order valence-corrected chi connectivity index (χ3v) is 4.61. The van der Waals surface area contributed by atoms with Gasteiger partial charge in [-0.3, -0.25) is 4.79 Å². The Morgan fingerprint density at radius 2 is 2.24 bits per heavy atom. The minimum Gasteiger partial charge on any atom is -0.397 e. The van der Waals surface area contributed by atoms with Gasteiger partial charge in [0.1, 0.15) is 0 Å². The van der Waals surface area contributed by atoms with E-state index in [4.69, 9.17) is 17.3 Å². The Labute approximate surface area is 116 Å². The van der Waals surface area contributed by atoms with Gasteiger partial charge in [-0.25, -0.2) is 0 Å². The summed E-state index contributed by atoms with van der Waals surface area (Å²) in [6, 6.07) is 3.72. The molecule has 0 aliphatic rings. The first-order chi connectivity index (χ1) is 7.99. The zero-order chi connectivity index (χ0) is 12.6. The zero-order valence-electron chi connectivity index (χ0n) is 9.04. The highest BCUT2D eigenvalue weighted by Gasteiger charge is 2.09. The fraction of sp³-hybridized carbons (Fsp3) is 0.182. The maximum absolute atomic E-state index is 12.0. The Morgan fingerprint density at radius 1 is 1.53 bits per heavy atom. The molecule has 0 saturated heterocycles. The van der Waals surface area contributed by atoms with Crippen LogP contribution in [0.2, 0.25) is 4.34 Å². The van der Waals surface area contributed by atoms with Crippen LogP contribution >= 0.6 is 38.9 Å². The minimum absolute atomic E-state index is 0.0822. The van der Waals surface area contributed by atoms with E-state index in [-0.39, 0.29) is 5.56 Å². The maximum Gasteiger partial charge on any atom is 0.265 e. The first-order valence-electron chi connectivity index (χ1n) is 4.88. The summed E-state index contributed by atoms with van der Waals surface area (Å²) in [7, 11) is 0. The Kier molecular flexibility index (Phi) is 3.61. The fourth-order valence-electron chi connectivity index (χ4n) is 1.46. The maximum atomic E-state index is 12.0. The number of thiophene rings is 1. The van der Waals surface area contributed by atoms with Crippen LogP contribution < -0.4 is 11.3 Å². The van der Waals surface area contributed by atoms with Crippen molar-refractivity contribution in [2.24, 2.45) is 0 Å². The first-order valence-corrected chi connectivity index (χ1v) is 6.87. The number of nitrogens with two attached hydrogens (primary N) is 1. The topological polar surface area (TPSA) is 48.0 Å². The van der Waals surface area contributed by atoms with Crippen LogP contribution in [-0.2, 0) is 6.54 Å². The highest BCUT2D eigenvalue weighted by Crippen LogP contribution is 2.23. The molecule has 0 saturated carbocycles. The van der Waals surface area contributed by atoms with Crippen LogP contribution in [0.3, 0.4) is 0 Å². The molecule has 0 fully saturated rings. The highest BCUT2D eigenvalue weighted by molar-refractivity contribution is 9.10. The van der Waals surface area contributed by atoms with E-state index in [0.29, 0.717) is 21.0 Å². The van der Waals surface area contributed by atoms with Gasteiger partial charge in [-0.05, 0) is 40.5 Å². The number of pyridine rings is 1. The molecule has 0 bridgehead atoms. The van der Waals surface area contributed by atoms with Gasteiger partial charge in [0.15, 0.2) is 0 Å². The van der Waals surface area contributed by atoms with E-state index < -0.39 is 0 Å². The van der Waals surface area contributed by atoms with Crippen LogP contribution in [0.4, 0.5) is 5.69 Å². The summed E-state index contributed by atoms with van der Waals surface area (Å²) in [5.41, 5.74) is 7.12. The molecule has 2 N–H and O–H groups in total. The molecule has 2 heterocycles. The molecule has 0 aliphatic carbocycles. The summed E-state index contributed by atoms with van der Waals surface area (Å²) in [6.07, 6.45) is 1.66. The molecule has 0 radical (unpaired) electrons. The summed E-state index contributed by atoms with van der Waals surface area (Å²) in [4.78, 5) is 13.0. The molecule has 2 rings (SSSR count). The van der Waals surface area contributed by atoms with Gasteiger partial charge < -0.3 is 10.3 Å². The quantitative estimate of drug-likeness (QED) is 0.917. The Morgan fingerprint density at radius 3 is 2.82 bits per heavy atom. The standard InChI is InChI=1S/C11H10BrClN2OS/c1-6-8(14)5-15(11(16)10(6)12)4-7-2-3-9(13)17-7/h2-3,5H,4,14H2,1H3. The minimum atomic E-state index is -0.0822. The Bertz CT molecular complexity index is 620. The van der Waals surface area contributed by atoms with E-state index in [9.17, 15) is 4.79 Å². The summed E-state index contributed by atoms with van der Waals surface area (Å²) in [6.45, 7) is 2.30. The number of nitrogen functional groups attached to an aromatic ring is 1. The van der Waals surface area contributed by atoms with Gasteiger partial charge >= 0.3 is 0 Å². The molecule has 2 aromatic heterocycles. The van der Waals surface area contributed by atoms with Crippen LogP contribution in [0.25, 0.3) is 0 Å². The fourth-order valence-corrected chi connectivity index (χ4v) is 3.00. The number of nitrogens with zero attached hydrogens (tertiary/aromatic N) is 1. The van der Waals surface area contributed by atoms with Crippen molar-refractivity contribution in [1.29, 1.82) is 0 Å². The second-order valence-electron chi connectivity index (χ2n) is 3.66. The van der Waals surface area contributed by atoms with Crippen molar-refractivity contribution >= 4 is 44.6 Å². The summed E-state index contributed by atoms with van der Waals surface area (Å²) in [5, 5.41) is 0. The Hall–Kier alpha value is -0.780. The Balaban J connectivity index is 2.43. The molecule has 0 aliphatic heterocycles. The van der Waals surface area contributed by atoms with Crippen molar-refractivity contribution in [2.45, 2.75) is 13.5 Å². The lowest BCUT2D eigenvalue weighted by molar-refractivity contribution is 0.765. The molecule has 0 amide bonds. The van der Waals surface area contributed by atoms with E-state index in [1.807, 2.05) is 19.1 Å². The number of halogens is 2. The van der Waals surface area contributed by atoms with Crippen molar-refractivity contribution in [2.75, 3.05) is 5.73 Å². The van der Waals surface area contributed by atoms with E-state index in [1.54, 1.807) is 10.8 Å². The van der Waals surface area contributed by atoms with Crippen molar-refractivity contribution in [3.8, 4) is 0 Å². The monoisotopic (exact) mass is 332 g/mol. The van der Waals surface area contributed by atoms with Crippen LogP contribution in [0.15, 0.2) is 27.6 Å². The van der Waals surface area contributed by atoms with Crippen molar-refractivity contribution in [3.63, 3.8) is 0 Å². The van der Waals surface area contributed by atoms with Gasteiger partial charge in [-0.15, -0.1) is 11.3 Å². The molecule has 0 aromatic carbocycles. The molecule has 0 atom stereocenters. The normalized spacial score (nSPS) is 10.8. The molecule has 3 nitrogen and oxygen atoms in total. The van der Waals surface area contributed by atoms with E-state index >= 15 is 0 Å². The third kappa shape index (κ3) is 2.56. The molecular formula is C11H10BrClN2OS. The lowest BCUT2D eigenvalue weighted by Crippen LogP contribution is -2.22. The number of anilines is 1. The third-order valence-electron chi connectivity index (χ3n) is 2.46. The molecular weight excluding hydrogens is 324 g/mol. The summed E-state index contributed by atoms with van der Waals surface area (Å²) in [5.74, 6) is 0. The zero-order valence-corrected chi connectivity index (χ0v) is 12.2. The largest absolute Gasteiger partial charge is 0.397 e. The van der Waals surface area contributed by atoms with E-state index in [0.717, 1.165) is 10.4 Å². The average molecular weight is 334 g/mol. The van der Waals surface area contributed by atoms with E-state index in [1.165, 1.54) is 11.3 Å². The van der Waals surface area contributed by atoms with Crippen LogP contribution in [0.5, 0.6) is 0 Å². The SMILES string of the molecule is Cc1c(N)cn(Cc2ccc(Cl)s2)c(=O)c1Br. The lowest BCUT2D eigenvalue weighted by atomic mass is 10.2. The average Bonchev–Trinajstić information content (AvgIpc) is 2.69. The second kappa shape index (κ2) is 4.84. The number of aromatic nitrogens is 1. The number of hydrogen-bond acceptors (Lipinski definition) is 3. The van der Waals surface area contributed by atoms with Gasteiger partial charge in [-0.2, -0.15) is 0 Å². The molecule has 0 spiro atoms. The second-order valence-corrected chi connectivity index (χ2v) is 6.25. The molecule has 2 aromatic rings. The lowest BCUT2D eigenvalue weighted by Gasteiger charge is -2.09. The van der Waals surface area contributed by atoms with Gasteiger partial charge in [0.05, 0.1) is 21.0 Å².